The normalized spacial score (nSPS) is 14.6. The van der Waals surface area contributed by atoms with Gasteiger partial charge < -0.3 is 4.74 Å². The topological polar surface area (TPSA) is 9.23 Å². The van der Waals surface area contributed by atoms with E-state index in [1.54, 1.807) is 0 Å². The van der Waals surface area contributed by atoms with Crippen LogP contribution < -0.4 is 0 Å². The number of hydrogen-bond acceptors (Lipinski definition) is 1. The summed E-state index contributed by atoms with van der Waals surface area (Å²) < 4.78 is 39.5. The highest BCUT2D eigenvalue weighted by Crippen LogP contribution is 2.32. The van der Waals surface area contributed by atoms with Crippen molar-refractivity contribution in [1.82, 2.24) is 0 Å². The van der Waals surface area contributed by atoms with Crippen molar-refractivity contribution < 1.29 is 17.9 Å². The molecule has 60 valence electrons. The molecule has 0 radical (unpaired) electrons. The molecule has 0 fully saturated rings. The number of allylic oxidation sites excluding steroid dienone is 1. The summed E-state index contributed by atoms with van der Waals surface area (Å²) in [5, 5.41) is -5.54. The van der Waals surface area contributed by atoms with Gasteiger partial charge in [-0.05, 0) is 23.2 Å². The molecule has 0 aromatic carbocycles. The maximum atomic E-state index is 11.9. The van der Waals surface area contributed by atoms with Crippen molar-refractivity contribution in [3.8, 4) is 0 Å². The van der Waals surface area contributed by atoms with E-state index in [1.807, 2.05) is 0 Å². The van der Waals surface area contributed by atoms with Gasteiger partial charge in [0.1, 0.15) is 0 Å². The van der Waals surface area contributed by atoms with Gasteiger partial charge in [-0.15, -0.1) is 0 Å². The molecule has 0 N–H and O–H groups in total. The van der Waals surface area contributed by atoms with Gasteiger partial charge in [0.25, 0.3) is 0 Å². The van der Waals surface area contributed by atoms with E-state index in [9.17, 15) is 13.2 Å². The van der Waals surface area contributed by atoms with E-state index in [2.05, 4.69) is 27.9 Å². The standard InChI is InChI=1S/C4H3Cl2F3O/c1-10-2(3(5)7)4(6,8)9/h1H3/b3-2+. The van der Waals surface area contributed by atoms with Crippen LogP contribution in [0.4, 0.5) is 13.2 Å². The maximum absolute atomic E-state index is 11.9. The molecule has 10 heavy (non-hydrogen) atoms. The second-order valence-electron chi connectivity index (χ2n) is 1.29. The lowest BCUT2D eigenvalue weighted by molar-refractivity contribution is 0.0621. The van der Waals surface area contributed by atoms with E-state index in [-0.39, 0.29) is 0 Å². The van der Waals surface area contributed by atoms with Crippen LogP contribution in [0.15, 0.2) is 11.0 Å². The Labute approximate surface area is 65.4 Å². The third-order valence-electron chi connectivity index (χ3n) is 0.633. The zero-order valence-electron chi connectivity index (χ0n) is 4.80. The molecule has 0 spiro atoms. The molecular formula is C4H3Cl2F3O. The van der Waals surface area contributed by atoms with Gasteiger partial charge in [-0.25, -0.2) is 0 Å². The minimum Gasteiger partial charge on any atom is -0.491 e. The van der Waals surface area contributed by atoms with Crippen molar-refractivity contribution in [2.45, 2.75) is 5.38 Å². The maximum Gasteiger partial charge on any atom is 0.383 e. The van der Waals surface area contributed by atoms with Gasteiger partial charge in [-0.2, -0.15) is 13.2 Å². The van der Waals surface area contributed by atoms with Crippen molar-refractivity contribution in [1.29, 1.82) is 0 Å². The number of hydrogen-bond donors (Lipinski definition) is 0. The summed E-state index contributed by atoms with van der Waals surface area (Å²) in [4.78, 5) is 0. The average Bonchev–Trinajstić information content (AvgIpc) is 1.60. The molecule has 0 aliphatic rings. The molecule has 0 aliphatic heterocycles. The van der Waals surface area contributed by atoms with Gasteiger partial charge in [-0.3, -0.25) is 0 Å². The molecule has 6 heteroatoms. The summed E-state index contributed by atoms with van der Waals surface area (Å²) in [5.41, 5.74) is 0. The zero-order valence-corrected chi connectivity index (χ0v) is 6.31. The van der Waals surface area contributed by atoms with Crippen molar-refractivity contribution >= 4 is 23.2 Å². The summed E-state index contributed by atoms with van der Waals surface area (Å²) in [5.74, 6) is -1.38. The van der Waals surface area contributed by atoms with E-state index >= 15 is 0 Å². The monoisotopic (exact) mass is 194 g/mol. The Bertz CT molecular complexity index is 147. The first-order chi connectivity index (χ1) is 4.39. The molecular weight excluding hydrogens is 192 g/mol. The fourth-order valence-corrected chi connectivity index (χ4v) is 0.704. The largest absolute Gasteiger partial charge is 0.491 e. The number of methoxy groups -OCH3 is 1. The van der Waals surface area contributed by atoms with Gasteiger partial charge in [0, 0.05) is 0 Å². The van der Waals surface area contributed by atoms with Crippen LogP contribution in [-0.4, -0.2) is 12.5 Å². The second-order valence-corrected chi connectivity index (χ2v) is 2.10. The smallest absolute Gasteiger partial charge is 0.383 e. The zero-order chi connectivity index (χ0) is 8.36. The highest BCUT2D eigenvalue weighted by molar-refractivity contribution is 6.30. The van der Waals surface area contributed by atoms with E-state index in [1.165, 1.54) is 0 Å². The van der Waals surface area contributed by atoms with Crippen molar-refractivity contribution in [3.05, 3.63) is 11.0 Å². The Morgan fingerprint density at radius 3 is 1.90 bits per heavy atom. The molecule has 0 rings (SSSR count). The number of halogens is 5. The van der Waals surface area contributed by atoms with E-state index in [0.29, 0.717) is 0 Å². The van der Waals surface area contributed by atoms with Crippen LogP contribution >= 0.6 is 23.2 Å². The quantitative estimate of drug-likeness (QED) is 0.486. The molecule has 0 heterocycles. The molecule has 0 aromatic heterocycles. The third-order valence-corrected chi connectivity index (χ3v) is 0.977. The van der Waals surface area contributed by atoms with Gasteiger partial charge in [0.15, 0.2) is 0 Å². The Balaban J connectivity index is 4.55. The minimum atomic E-state index is -3.89. The molecule has 0 aliphatic carbocycles. The molecule has 1 nitrogen and oxygen atoms in total. The summed E-state index contributed by atoms with van der Waals surface area (Å²) in [6, 6.07) is 0. The number of rotatable bonds is 2. The first kappa shape index (κ1) is 9.91. The fourth-order valence-electron chi connectivity index (χ4n) is 0.300. The molecule has 0 amide bonds. The van der Waals surface area contributed by atoms with E-state index in [4.69, 9.17) is 0 Å². The first-order valence-corrected chi connectivity index (χ1v) is 2.81. The molecule has 0 aromatic rings. The number of ether oxygens (including phenoxy) is 1. The van der Waals surface area contributed by atoms with Crippen molar-refractivity contribution in [2.75, 3.05) is 7.11 Å². The van der Waals surface area contributed by atoms with Crippen molar-refractivity contribution in [2.24, 2.45) is 0 Å². The average molecular weight is 195 g/mol. The van der Waals surface area contributed by atoms with Gasteiger partial charge >= 0.3 is 5.38 Å². The summed E-state index contributed by atoms with van der Waals surface area (Å²) in [7, 11) is 0.841. The van der Waals surface area contributed by atoms with E-state index < -0.39 is 16.4 Å². The van der Waals surface area contributed by atoms with Crippen LogP contribution in [0.3, 0.4) is 0 Å². The fraction of sp³-hybridized carbons (Fsp3) is 0.500. The highest BCUT2D eigenvalue weighted by atomic mass is 35.5. The molecule has 0 atom stereocenters. The van der Waals surface area contributed by atoms with Crippen LogP contribution in [0, 0.1) is 0 Å². The van der Waals surface area contributed by atoms with Crippen molar-refractivity contribution in [3.63, 3.8) is 0 Å². The first-order valence-electron chi connectivity index (χ1n) is 2.06. The van der Waals surface area contributed by atoms with Crippen LogP contribution in [0.25, 0.3) is 0 Å². The van der Waals surface area contributed by atoms with Gasteiger partial charge in [0.05, 0.1) is 7.11 Å². The van der Waals surface area contributed by atoms with Crippen LogP contribution in [0.1, 0.15) is 0 Å². The lowest BCUT2D eigenvalue weighted by Gasteiger charge is -2.09. The Morgan fingerprint density at radius 2 is 1.90 bits per heavy atom. The van der Waals surface area contributed by atoms with Crippen LogP contribution in [0.2, 0.25) is 0 Å². The minimum absolute atomic E-state index is 0.841. The van der Waals surface area contributed by atoms with E-state index in [0.717, 1.165) is 7.11 Å². The lowest BCUT2D eigenvalue weighted by Crippen LogP contribution is -2.12. The van der Waals surface area contributed by atoms with Gasteiger partial charge in [-0.1, -0.05) is 0 Å². The lowest BCUT2D eigenvalue weighted by atomic mass is 10.6. The SMILES string of the molecule is CO/C(=C(/F)Cl)C(F)(F)Cl. The van der Waals surface area contributed by atoms with Gasteiger partial charge in [0.2, 0.25) is 11.0 Å². The summed E-state index contributed by atoms with van der Waals surface area (Å²) >= 11 is 8.91. The molecule has 0 saturated heterocycles. The predicted octanol–water partition coefficient (Wildman–Crippen LogP) is 2.84. The predicted molar refractivity (Wildman–Crippen MR) is 31.8 cm³/mol. The third kappa shape index (κ3) is 2.66. The van der Waals surface area contributed by atoms with Crippen LogP contribution in [0.5, 0.6) is 0 Å². The Morgan fingerprint density at radius 1 is 1.50 bits per heavy atom. The Kier molecular flexibility index (Phi) is 3.31. The molecule has 0 saturated carbocycles. The molecule has 0 unspecified atom stereocenters. The highest BCUT2D eigenvalue weighted by Gasteiger charge is 2.35. The second kappa shape index (κ2) is 3.34. The summed E-state index contributed by atoms with van der Waals surface area (Å²) in [6.07, 6.45) is 0. The summed E-state index contributed by atoms with van der Waals surface area (Å²) in [6.45, 7) is 0. The molecule has 0 bridgehead atoms. The van der Waals surface area contributed by atoms with Crippen LogP contribution in [-0.2, 0) is 4.74 Å². The Hall–Kier alpha value is -0.0900. The number of alkyl halides is 3.